The van der Waals surface area contributed by atoms with Gasteiger partial charge in [-0.3, -0.25) is 4.68 Å². The van der Waals surface area contributed by atoms with E-state index in [-0.39, 0.29) is 0 Å². The molecule has 0 aliphatic carbocycles. The largest absolute Gasteiger partial charge is 0.383 e. The Kier molecular flexibility index (Phi) is 3.92. The summed E-state index contributed by atoms with van der Waals surface area (Å²) in [5.74, 6) is 0. The van der Waals surface area contributed by atoms with Crippen LogP contribution in [0.1, 0.15) is 5.56 Å². The average molecular weight is 284 g/mol. The Labute approximate surface area is 124 Å². The standard InChI is InChI=1S/C16H20N4O/c1-19-11-13(15-5-3-4-6-16(15)19)9-17-14-10-18-20(12-14)7-8-21-2/h3-6,10-12,17H,7-9H2,1-2H3. The van der Waals surface area contributed by atoms with E-state index in [9.17, 15) is 0 Å². The van der Waals surface area contributed by atoms with Gasteiger partial charge >= 0.3 is 0 Å². The van der Waals surface area contributed by atoms with Crippen molar-refractivity contribution in [1.82, 2.24) is 14.3 Å². The molecule has 5 nitrogen and oxygen atoms in total. The molecular weight excluding hydrogens is 264 g/mol. The summed E-state index contributed by atoms with van der Waals surface area (Å²) < 4.78 is 9.10. The maximum absolute atomic E-state index is 5.05. The molecule has 5 heteroatoms. The SMILES string of the molecule is COCCn1cc(NCc2cn(C)c3ccccc23)cn1. The number of fused-ring (bicyclic) bond motifs is 1. The molecule has 1 N–H and O–H groups in total. The maximum atomic E-state index is 5.05. The summed E-state index contributed by atoms with van der Waals surface area (Å²) >= 11 is 0. The van der Waals surface area contributed by atoms with Gasteiger partial charge in [-0.15, -0.1) is 0 Å². The van der Waals surface area contributed by atoms with Gasteiger partial charge in [0.2, 0.25) is 0 Å². The first-order chi connectivity index (χ1) is 10.3. The molecule has 0 fully saturated rings. The molecule has 0 saturated carbocycles. The zero-order valence-corrected chi connectivity index (χ0v) is 12.4. The molecule has 0 atom stereocenters. The molecular formula is C16H20N4O. The molecule has 0 amide bonds. The fourth-order valence-corrected chi connectivity index (χ4v) is 2.53. The smallest absolute Gasteiger partial charge is 0.0729 e. The summed E-state index contributed by atoms with van der Waals surface area (Å²) in [6.07, 6.45) is 6.03. The Hall–Kier alpha value is -2.27. The van der Waals surface area contributed by atoms with Gasteiger partial charge in [0.25, 0.3) is 0 Å². The molecule has 110 valence electrons. The normalized spacial score (nSPS) is 11.1. The van der Waals surface area contributed by atoms with Crippen LogP contribution in [0.4, 0.5) is 5.69 Å². The molecule has 0 radical (unpaired) electrons. The van der Waals surface area contributed by atoms with E-state index in [0.29, 0.717) is 6.61 Å². The van der Waals surface area contributed by atoms with Gasteiger partial charge in [-0.05, 0) is 11.6 Å². The van der Waals surface area contributed by atoms with Crippen LogP contribution in [0.2, 0.25) is 0 Å². The van der Waals surface area contributed by atoms with Gasteiger partial charge in [0.05, 0.1) is 25.0 Å². The minimum Gasteiger partial charge on any atom is -0.383 e. The Morgan fingerprint density at radius 1 is 1.24 bits per heavy atom. The van der Waals surface area contributed by atoms with Crippen LogP contribution in [0.3, 0.4) is 0 Å². The summed E-state index contributed by atoms with van der Waals surface area (Å²) in [5, 5.41) is 9.02. The first kappa shape index (κ1) is 13.7. The number of aromatic nitrogens is 3. The van der Waals surface area contributed by atoms with Crippen molar-refractivity contribution < 1.29 is 4.74 Å². The van der Waals surface area contributed by atoms with Crippen molar-refractivity contribution in [3.8, 4) is 0 Å². The minimum atomic E-state index is 0.671. The van der Waals surface area contributed by atoms with Crippen LogP contribution in [0.25, 0.3) is 10.9 Å². The van der Waals surface area contributed by atoms with Gasteiger partial charge in [-0.1, -0.05) is 18.2 Å². The lowest BCUT2D eigenvalue weighted by atomic mass is 10.2. The molecule has 0 aliphatic rings. The Morgan fingerprint density at radius 2 is 2.10 bits per heavy atom. The van der Waals surface area contributed by atoms with Crippen LogP contribution in [-0.4, -0.2) is 28.1 Å². The molecule has 1 aromatic carbocycles. The zero-order chi connectivity index (χ0) is 14.7. The minimum absolute atomic E-state index is 0.671. The predicted molar refractivity (Wildman–Crippen MR) is 84.3 cm³/mol. The first-order valence-corrected chi connectivity index (χ1v) is 7.06. The highest BCUT2D eigenvalue weighted by atomic mass is 16.5. The van der Waals surface area contributed by atoms with Crippen LogP contribution in [-0.2, 0) is 24.9 Å². The predicted octanol–water partition coefficient (Wildman–Crippen LogP) is 2.63. The zero-order valence-electron chi connectivity index (χ0n) is 12.4. The maximum Gasteiger partial charge on any atom is 0.0729 e. The van der Waals surface area contributed by atoms with Gasteiger partial charge in [0.1, 0.15) is 0 Å². The van der Waals surface area contributed by atoms with E-state index >= 15 is 0 Å². The van der Waals surface area contributed by atoms with Gasteiger partial charge in [-0.25, -0.2) is 0 Å². The highest BCUT2D eigenvalue weighted by molar-refractivity contribution is 5.84. The number of ether oxygens (including phenoxy) is 1. The number of methoxy groups -OCH3 is 1. The quantitative estimate of drug-likeness (QED) is 0.757. The lowest BCUT2D eigenvalue weighted by molar-refractivity contribution is 0.183. The van der Waals surface area contributed by atoms with Gasteiger partial charge in [0.15, 0.2) is 0 Å². The molecule has 0 bridgehead atoms. The lowest BCUT2D eigenvalue weighted by Gasteiger charge is -2.02. The van der Waals surface area contributed by atoms with Gasteiger partial charge < -0.3 is 14.6 Å². The van der Waals surface area contributed by atoms with Crippen LogP contribution in [0.15, 0.2) is 42.9 Å². The number of rotatable bonds is 6. The Balaban J connectivity index is 1.70. The highest BCUT2D eigenvalue weighted by Gasteiger charge is 2.06. The summed E-state index contributed by atoms with van der Waals surface area (Å²) in [4.78, 5) is 0. The summed E-state index contributed by atoms with van der Waals surface area (Å²) in [6, 6.07) is 8.45. The third kappa shape index (κ3) is 2.92. The number of para-hydroxylation sites is 1. The van der Waals surface area contributed by atoms with E-state index in [0.717, 1.165) is 18.8 Å². The number of nitrogens with one attached hydrogen (secondary N) is 1. The molecule has 2 heterocycles. The fourth-order valence-electron chi connectivity index (χ4n) is 2.53. The van der Waals surface area contributed by atoms with Crippen LogP contribution < -0.4 is 5.32 Å². The lowest BCUT2D eigenvalue weighted by Crippen LogP contribution is -2.04. The van der Waals surface area contributed by atoms with Crippen LogP contribution in [0, 0.1) is 0 Å². The van der Waals surface area contributed by atoms with E-state index in [2.05, 4.69) is 52.5 Å². The van der Waals surface area contributed by atoms with Crippen molar-refractivity contribution in [3.05, 3.63) is 48.4 Å². The third-order valence-corrected chi connectivity index (χ3v) is 3.62. The molecule has 3 aromatic rings. The Morgan fingerprint density at radius 3 is 2.95 bits per heavy atom. The van der Waals surface area contributed by atoms with E-state index in [4.69, 9.17) is 4.74 Å². The second-order valence-corrected chi connectivity index (χ2v) is 5.12. The Bertz CT molecular complexity index is 729. The van der Waals surface area contributed by atoms with Crippen molar-refractivity contribution >= 4 is 16.6 Å². The van der Waals surface area contributed by atoms with E-state index in [1.54, 1.807) is 7.11 Å². The van der Waals surface area contributed by atoms with E-state index < -0.39 is 0 Å². The second kappa shape index (κ2) is 6.01. The number of aryl methyl sites for hydroxylation is 1. The molecule has 21 heavy (non-hydrogen) atoms. The number of hydrogen-bond donors (Lipinski definition) is 1. The van der Waals surface area contributed by atoms with Crippen molar-refractivity contribution in [3.63, 3.8) is 0 Å². The monoisotopic (exact) mass is 284 g/mol. The van der Waals surface area contributed by atoms with Crippen molar-refractivity contribution in [2.45, 2.75) is 13.1 Å². The molecule has 0 aliphatic heterocycles. The van der Waals surface area contributed by atoms with E-state index in [1.807, 2.05) is 17.1 Å². The highest BCUT2D eigenvalue weighted by Crippen LogP contribution is 2.21. The van der Waals surface area contributed by atoms with Gasteiger partial charge in [-0.2, -0.15) is 5.10 Å². The van der Waals surface area contributed by atoms with Crippen LogP contribution in [0.5, 0.6) is 0 Å². The topological polar surface area (TPSA) is 44.0 Å². The first-order valence-electron chi connectivity index (χ1n) is 7.06. The summed E-state index contributed by atoms with van der Waals surface area (Å²) in [7, 11) is 3.78. The van der Waals surface area contributed by atoms with Gasteiger partial charge in [0, 0.05) is 44.0 Å². The van der Waals surface area contributed by atoms with E-state index in [1.165, 1.54) is 16.5 Å². The number of anilines is 1. The number of nitrogens with zero attached hydrogens (tertiary/aromatic N) is 3. The van der Waals surface area contributed by atoms with Crippen molar-refractivity contribution in [2.24, 2.45) is 7.05 Å². The number of hydrogen-bond acceptors (Lipinski definition) is 3. The number of benzene rings is 1. The fraction of sp³-hybridized carbons (Fsp3) is 0.312. The van der Waals surface area contributed by atoms with Crippen LogP contribution >= 0.6 is 0 Å². The van der Waals surface area contributed by atoms with Crippen molar-refractivity contribution in [1.29, 1.82) is 0 Å². The second-order valence-electron chi connectivity index (χ2n) is 5.12. The van der Waals surface area contributed by atoms with Crippen molar-refractivity contribution in [2.75, 3.05) is 19.0 Å². The average Bonchev–Trinajstić information content (AvgIpc) is 3.08. The molecule has 3 rings (SSSR count). The molecule has 0 unspecified atom stereocenters. The summed E-state index contributed by atoms with van der Waals surface area (Å²) in [5.41, 5.74) is 3.57. The molecule has 2 aromatic heterocycles. The third-order valence-electron chi connectivity index (χ3n) is 3.62. The molecule has 0 saturated heterocycles. The molecule has 0 spiro atoms. The summed E-state index contributed by atoms with van der Waals surface area (Å²) in [6.45, 7) is 2.23.